The van der Waals surface area contributed by atoms with Gasteiger partial charge in [0.1, 0.15) is 0 Å². The second kappa shape index (κ2) is 5.76. The summed E-state index contributed by atoms with van der Waals surface area (Å²) in [5.41, 5.74) is 0.346. The van der Waals surface area contributed by atoms with E-state index in [1.54, 1.807) is 0 Å². The molecular formula is C12H20BrNOS. The molecule has 0 aromatic rings. The summed E-state index contributed by atoms with van der Waals surface area (Å²) >= 11 is 5.43. The fraction of sp³-hybridized carbons (Fsp3) is 0.917. The summed E-state index contributed by atoms with van der Waals surface area (Å²) in [5.74, 6) is 1.43. The van der Waals surface area contributed by atoms with Crippen LogP contribution in [0.5, 0.6) is 0 Å². The summed E-state index contributed by atoms with van der Waals surface area (Å²) in [6.45, 7) is 0.869. The smallest absolute Gasteiger partial charge is 0.233 e. The molecule has 2 nitrogen and oxygen atoms in total. The Bertz CT molecular complexity index is 247. The zero-order chi connectivity index (χ0) is 11.4. The van der Waals surface area contributed by atoms with Gasteiger partial charge in [-0.2, -0.15) is 0 Å². The maximum Gasteiger partial charge on any atom is 0.233 e. The molecule has 1 amide bonds. The van der Waals surface area contributed by atoms with Crippen LogP contribution in [0, 0.1) is 5.41 Å². The van der Waals surface area contributed by atoms with E-state index >= 15 is 0 Å². The second-order valence-corrected chi connectivity index (χ2v) is 6.93. The van der Waals surface area contributed by atoms with E-state index in [4.69, 9.17) is 0 Å². The van der Waals surface area contributed by atoms with Crippen molar-refractivity contribution in [2.45, 2.75) is 43.8 Å². The Labute approximate surface area is 110 Å². The van der Waals surface area contributed by atoms with E-state index in [9.17, 15) is 4.79 Å². The molecule has 2 aliphatic rings. The first-order chi connectivity index (χ1) is 7.76. The van der Waals surface area contributed by atoms with Crippen LogP contribution in [0.1, 0.15) is 38.5 Å². The van der Waals surface area contributed by atoms with Gasteiger partial charge in [0.05, 0.1) is 5.25 Å². The van der Waals surface area contributed by atoms with Crippen molar-refractivity contribution in [3.63, 3.8) is 0 Å². The number of alkyl halides is 1. The van der Waals surface area contributed by atoms with E-state index in [1.165, 1.54) is 32.1 Å². The number of nitrogens with one attached hydrogen (secondary N) is 1. The number of rotatable bonds is 4. The van der Waals surface area contributed by atoms with Crippen LogP contribution in [-0.4, -0.2) is 28.8 Å². The van der Waals surface area contributed by atoms with E-state index in [-0.39, 0.29) is 11.2 Å². The quantitative estimate of drug-likeness (QED) is 0.809. The van der Waals surface area contributed by atoms with Crippen LogP contribution in [0.2, 0.25) is 0 Å². The Morgan fingerprint density at radius 3 is 2.69 bits per heavy atom. The number of amides is 1. The highest BCUT2D eigenvalue weighted by atomic mass is 79.9. The predicted molar refractivity (Wildman–Crippen MR) is 73.2 cm³/mol. The second-order valence-electron chi connectivity index (χ2n) is 5.06. The van der Waals surface area contributed by atoms with Gasteiger partial charge < -0.3 is 5.32 Å². The van der Waals surface area contributed by atoms with Crippen molar-refractivity contribution in [1.82, 2.24) is 5.32 Å². The van der Waals surface area contributed by atoms with Gasteiger partial charge in [-0.15, -0.1) is 11.8 Å². The van der Waals surface area contributed by atoms with Crippen LogP contribution in [0.25, 0.3) is 0 Å². The fourth-order valence-corrected chi connectivity index (χ4v) is 4.60. The van der Waals surface area contributed by atoms with Gasteiger partial charge in [0.2, 0.25) is 5.91 Å². The minimum Gasteiger partial charge on any atom is -0.355 e. The van der Waals surface area contributed by atoms with Crippen molar-refractivity contribution in [2.24, 2.45) is 5.41 Å². The first kappa shape index (κ1) is 12.7. The Hall–Kier alpha value is 0.300. The van der Waals surface area contributed by atoms with Gasteiger partial charge in [0.15, 0.2) is 0 Å². The van der Waals surface area contributed by atoms with Gasteiger partial charge >= 0.3 is 0 Å². The topological polar surface area (TPSA) is 29.1 Å². The average molecular weight is 306 g/mol. The number of carbonyl (C=O) groups excluding carboxylic acids is 1. The molecule has 1 aliphatic carbocycles. The Morgan fingerprint density at radius 2 is 2.12 bits per heavy atom. The lowest BCUT2D eigenvalue weighted by Gasteiger charge is -2.27. The molecule has 92 valence electrons. The van der Waals surface area contributed by atoms with E-state index in [1.807, 2.05) is 11.8 Å². The van der Waals surface area contributed by atoms with Crippen molar-refractivity contribution in [1.29, 1.82) is 0 Å². The Morgan fingerprint density at radius 1 is 1.38 bits per heavy atom. The summed E-state index contributed by atoms with van der Waals surface area (Å²) < 4.78 is 0. The zero-order valence-electron chi connectivity index (χ0n) is 9.64. The molecule has 0 aromatic heterocycles. The van der Waals surface area contributed by atoms with Gasteiger partial charge in [0.25, 0.3) is 0 Å². The molecule has 1 atom stereocenters. The lowest BCUT2D eigenvalue weighted by Crippen LogP contribution is -2.40. The minimum absolute atomic E-state index is 0.230. The molecule has 4 heteroatoms. The third-order valence-corrected chi connectivity index (χ3v) is 6.37. The van der Waals surface area contributed by atoms with Gasteiger partial charge in [-0.05, 0) is 36.9 Å². The Kier molecular flexibility index (Phi) is 4.59. The van der Waals surface area contributed by atoms with Crippen LogP contribution in [0.3, 0.4) is 0 Å². The molecule has 1 N–H and O–H groups in total. The monoisotopic (exact) mass is 305 g/mol. The van der Waals surface area contributed by atoms with Crippen molar-refractivity contribution < 1.29 is 4.79 Å². The summed E-state index contributed by atoms with van der Waals surface area (Å²) in [5, 5.41) is 4.42. The van der Waals surface area contributed by atoms with Crippen LogP contribution >= 0.6 is 27.7 Å². The first-order valence-corrected chi connectivity index (χ1v) is 8.38. The molecule has 1 saturated heterocycles. The predicted octanol–water partition coefficient (Wildman–Crippen LogP) is 2.95. The maximum absolute atomic E-state index is 11.9. The molecule has 2 rings (SSSR count). The molecule has 0 radical (unpaired) electrons. The highest BCUT2D eigenvalue weighted by molar-refractivity contribution is 9.09. The molecule has 16 heavy (non-hydrogen) atoms. The van der Waals surface area contributed by atoms with E-state index in [0.29, 0.717) is 5.41 Å². The van der Waals surface area contributed by atoms with Crippen LogP contribution in [0.4, 0.5) is 0 Å². The standard InChI is InChI=1S/C12H20BrNOS/c13-8-12(5-1-2-6-12)9-14-11(15)10-4-3-7-16-10/h10H,1-9H2,(H,14,15). The number of halogens is 1. The van der Waals surface area contributed by atoms with Crippen molar-refractivity contribution in [3.05, 3.63) is 0 Å². The highest BCUT2D eigenvalue weighted by Gasteiger charge is 2.34. The summed E-state index contributed by atoms with van der Waals surface area (Å²) in [7, 11) is 0. The van der Waals surface area contributed by atoms with Crippen molar-refractivity contribution in [2.75, 3.05) is 17.6 Å². The van der Waals surface area contributed by atoms with Crippen LogP contribution < -0.4 is 5.32 Å². The normalized spacial score (nSPS) is 28.2. The number of carbonyl (C=O) groups is 1. The van der Waals surface area contributed by atoms with Crippen LogP contribution in [0.15, 0.2) is 0 Å². The number of thioether (sulfide) groups is 1. The Balaban J connectivity index is 1.79. The molecule has 1 unspecified atom stereocenters. The zero-order valence-corrected chi connectivity index (χ0v) is 12.0. The molecule has 0 aromatic carbocycles. The lowest BCUT2D eigenvalue weighted by molar-refractivity contribution is -0.121. The molecular weight excluding hydrogens is 286 g/mol. The molecule has 2 fully saturated rings. The van der Waals surface area contributed by atoms with Gasteiger partial charge in [-0.3, -0.25) is 4.79 Å². The number of hydrogen-bond donors (Lipinski definition) is 1. The maximum atomic E-state index is 11.9. The molecule has 1 saturated carbocycles. The van der Waals surface area contributed by atoms with E-state index < -0.39 is 0 Å². The fourth-order valence-electron chi connectivity index (χ4n) is 2.66. The summed E-state index contributed by atoms with van der Waals surface area (Å²) in [6.07, 6.45) is 7.43. The summed E-state index contributed by atoms with van der Waals surface area (Å²) in [6, 6.07) is 0. The third-order valence-electron chi connectivity index (χ3n) is 3.81. The van der Waals surface area contributed by atoms with Gasteiger partial charge in [-0.1, -0.05) is 28.8 Å². The molecule has 1 aliphatic heterocycles. The first-order valence-electron chi connectivity index (χ1n) is 6.21. The van der Waals surface area contributed by atoms with E-state index in [0.717, 1.165) is 24.0 Å². The van der Waals surface area contributed by atoms with Crippen molar-refractivity contribution >= 4 is 33.6 Å². The molecule has 1 heterocycles. The average Bonchev–Trinajstić information content (AvgIpc) is 2.98. The van der Waals surface area contributed by atoms with E-state index in [2.05, 4.69) is 21.2 Å². The molecule has 0 spiro atoms. The minimum atomic E-state index is 0.230. The highest BCUT2D eigenvalue weighted by Crippen LogP contribution is 2.39. The number of hydrogen-bond acceptors (Lipinski definition) is 2. The summed E-state index contributed by atoms with van der Waals surface area (Å²) in [4.78, 5) is 11.9. The van der Waals surface area contributed by atoms with Crippen molar-refractivity contribution in [3.8, 4) is 0 Å². The lowest BCUT2D eigenvalue weighted by atomic mass is 9.89. The third kappa shape index (κ3) is 2.95. The van der Waals surface area contributed by atoms with Gasteiger partial charge in [0, 0.05) is 11.9 Å². The largest absolute Gasteiger partial charge is 0.355 e. The van der Waals surface area contributed by atoms with Gasteiger partial charge in [-0.25, -0.2) is 0 Å². The van der Waals surface area contributed by atoms with Crippen LogP contribution in [-0.2, 0) is 4.79 Å². The molecule has 0 bridgehead atoms. The SMILES string of the molecule is O=C(NCC1(CBr)CCCC1)C1CCCS1.